The molecule has 1 unspecified atom stereocenters. The Morgan fingerprint density at radius 1 is 1.20 bits per heavy atom. The van der Waals surface area contributed by atoms with Crippen LogP contribution in [0.4, 0.5) is 17.3 Å². The smallest absolute Gasteiger partial charge is 0.134 e. The van der Waals surface area contributed by atoms with Crippen molar-refractivity contribution >= 4 is 33.3 Å². The van der Waals surface area contributed by atoms with Crippen molar-refractivity contribution in [3.8, 4) is 6.07 Å². The molecule has 1 aliphatic heterocycles. The van der Waals surface area contributed by atoms with Crippen LogP contribution in [-0.4, -0.2) is 50.2 Å². The maximum absolute atomic E-state index is 9.06. The van der Waals surface area contributed by atoms with E-state index in [9.17, 15) is 0 Å². The van der Waals surface area contributed by atoms with Crippen molar-refractivity contribution in [3.05, 3.63) is 40.6 Å². The summed E-state index contributed by atoms with van der Waals surface area (Å²) in [5.74, 6) is 1.84. The van der Waals surface area contributed by atoms with Crippen LogP contribution in [0.2, 0.25) is 0 Å². The molecule has 1 aliphatic rings. The predicted octanol–water partition coefficient (Wildman–Crippen LogP) is 2.89. The van der Waals surface area contributed by atoms with Gasteiger partial charge in [-0.05, 0) is 40.5 Å². The maximum atomic E-state index is 9.06. The Balaban J connectivity index is 1.73. The molecular weight excluding hydrogens is 380 g/mol. The molecule has 130 valence electrons. The van der Waals surface area contributed by atoms with Crippen LogP contribution < -0.4 is 14.7 Å². The van der Waals surface area contributed by atoms with Gasteiger partial charge in [0.25, 0.3) is 0 Å². The summed E-state index contributed by atoms with van der Waals surface area (Å²) in [6.07, 6.45) is 2.68. The predicted molar refractivity (Wildman–Crippen MR) is 104 cm³/mol. The molecule has 25 heavy (non-hydrogen) atoms. The van der Waals surface area contributed by atoms with Crippen molar-refractivity contribution in [2.45, 2.75) is 12.5 Å². The highest BCUT2D eigenvalue weighted by atomic mass is 79.9. The Kier molecular flexibility index (Phi) is 5.09. The molecule has 7 heteroatoms. The van der Waals surface area contributed by atoms with Crippen LogP contribution >= 0.6 is 15.9 Å². The van der Waals surface area contributed by atoms with Gasteiger partial charge in [-0.15, -0.1) is 0 Å². The van der Waals surface area contributed by atoms with Crippen LogP contribution in [0.3, 0.4) is 0 Å². The van der Waals surface area contributed by atoms with Gasteiger partial charge in [-0.25, -0.2) is 9.97 Å². The third kappa shape index (κ3) is 3.69. The fourth-order valence-corrected chi connectivity index (χ4v) is 3.50. The lowest BCUT2D eigenvalue weighted by atomic mass is 10.2. The first-order chi connectivity index (χ1) is 12.0. The molecule has 1 saturated heterocycles. The Labute approximate surface area is 156 Å². The number of nitrogens with zero attached hydrogens (tertiary/aromatic N) is 6. The summed E-state index contributed by atoms with van der Waals surface area (Å²) in [7, 11) is 6.04. The Bertz CT molecular complexity index is 800. The van der Waals surface area contributed by atoms with E-state index in [1.807, 2.05) is 43.3 Å². The first kappa shape index (κ1) is 17.5. The van der Waals surface area contributed by atoms with Crippen molar-refractivity contribution in [1.82, 2.24) is 9.97 Å². The molecule has 1 fully saturated rings. The fraction of sp³-hybridized carbons (Fsp3) is 0.389. The summed E-state index contributed by atoms with van der Waals surface area (Å²) in [5.41, 5.74) is 1.80. The van der Waals surface area contributed by atoms with Gasteiger partial charge in [0.15, 0.2) is 0 Å². The van der Waals surface area contributed by atoms with E-state index >= 15 is 0 Å². The molecule has 0 aliphatic carbocycles. The second-order valence-electron chi connectivity index (χ2n) is 6.40. The molecule has 3 rings (SSSR count). The maximum Gasteiger partial charge on any atom is 0.134 e. The highest BCUT2D eigenvalue weighted by Crippen LogP contribution is 2.29. The highest BCUT2D eigenvalue weighted by molar-refractivity contribution is 9.10. The Hall–Kier alpha value is -2.33. The molecule has 1 aromatic carbocycles. The first-order valence-electron chi connectivity index (χ1n) is 8.16. The third-order valence-electron chi connectivity index (χ3n) is 4.61. The van der Waals surface area contributed by atoms with Gasteiger partial charge in [-0.3, -0.25) is 0 Å². The molecular formula is C18H21BrN6. The summed E-state index contributed by atoms with van der Waals surface area (Å²) in [5, 5.41) is 9.06. The van der Waals surface area contributed by atoms with E-state index in [0.717, 1.165) is 41.3 Å². The average molecular weight is 401 g/mol. The average Bonchev–Trinajstić information content (AvgIpc) is 3.11. The van der Waals surface area contributed by atoms with Crippen LogP contribution in [0.1, 0.15) is 12.0 Å². The van der Waals surface area contributed by atoms with Crippen LogP contribution in [0, 0.1) is 11.3 Å². The SMILES string of the molecule is CN(C)c1cc(N(C)C2CCN(c3ccc(C#N)c(Br)c3)C2)ncn1. The molecule has 1 aromatic heterocycles. The van der Waals surface area contributed by atoms with E-state index in [2.05, 4.69) is 48.8 Å². The standard InChI is InChI=1S/C18H21BrN6/c1-23(2)17-9-18(22-12-21-17)24(3)15-6-7-25(11-15)14-5-4-13(10-20)16(19)8-14/h4-5,8-9,12,15H,6-7,11H2,1-3H3. The number of hydrogen-bond acceptors (Lipinski definition) is 6. The van der Waals surface area contributed by atoms with Crippen molar-refractivity contribution in [1.29, 1.82) is 5.26 Å². The minimum atomic E-state index is 0.388. The van der Waals surface area contributed by atoms with Gasteiger partial charge < -0.3 is 14.7 Å². The normalized spacial score (nSPS) is 16.6. The molecule has 6 nitrogen and oxygen atoms in total. The van der Waals surface area contributed by atoms with Crippen molar-refractivity contribution in [3.63, 3.8) is 0 Å². The van der Waals surface area contributed by atoms with E-state index < -0.39 is 0 Å². The summed E-state index contributed by atoms with van der Waals surface area (Å²) in [6.45, 7) is 1.91. The summed E-state index contributed by atoms with van der Waals surface area (Å²) in [4.78, 5) is 15.3. The van der Waals surface area contributed by atoms with Gasteiger partial charge in [0.2, 0.25) is 0 Å². The fourth-order valence-electron chi connectivity index (χ4n) is 3.05. The van der Waals surface area contributed by atoms with Crippen LogP contribution in [-0.2, 0) is 0 Å². The van der Waals surface area contributed by atoms with E-state index in [0.29, 0.717) is 11.6 Å². The Morgan fingerprint density at radius 3 is 2.64 bits per heavy atom. The van der Waals surface area contributed by atoms with E-state index in [4.69, 9.17) is 5.26 Å². The lowest BCUT2D eigenvalue weighted by molar-refractivity contribution is 0.683. The highest BCUT2D eigenvalue weighted by Gasteiger charge is 2.27. The zero-order valence-electron chi connectivity index (χ0n) is 14.6. The zero-order valence-corrected chi connectivity index (χ0v) is 16.2. The largest absolute Gasteiger partial charge is 0.369 e. The molecule has 0 amide bonds. The van der Waals surface area contributed by atoms with Gasteiger partial charge in [0.05, 0.1) is 5.56 Å². The lowest BCUT2D eigenvalue weighted by Crippen LogP contribution is -2.35. The van der Waals surface area contributed by atoms with E-state index in [1.54, 1.807) is 6.33 Å². The second-order valence-corrected chi connectivity index (χ2v) is 7.26. The summed E-state index contributed by atoms with van der Waals surface area (Å²) < 4.78 is 0.843. The van der Waals surface area contributed by atoms with E-state index in [-0.39, 0.29) is 0 Å². The molecule has 0 saturated carbocycles. The first-order valence-corrected chi connectivity index (χ1v) is 8.95. The van der Waals surface area contributed by atoms with Gasteiger partial charge >= 0.3 is 0 Å². The summed E-state index contributed by atoms with van der Waals surface area (Å²) >= 11 is 3.48. The monoisotopic (exact) mass is 400 g/mol. The number of hydrogen-bond donors (Lipinski definition) is 0. The number of nitriles is 1. The second kappa shape index (κ2) is 7.28. The number of rotatable bonds is 4. The minimum Gasteiger partial charge on any atom is -0.369 e. The van der Waals surface area contributed by atoms with Crippen LogP contribution in [0.25, 0.3) is 0 Å². The number of likely N-dealkylation sites (N-methyl/N-ethyl adjacent to an activating group) is 1. The zero-order chi connectivity index (χ0) is 18.0. The topological polar surface area (TPSA) is 59.3 Å². The quantitative estimate of drug-likeness (QED) is 0.786. The number of halogens is 1. The van der Waals surface area contributed by atoms with Gasteiger partial charge in [-0.1, -0.05) is 0 Å². The molecule has 0 N–H and O–H groups in total. The number of aromatic nitrogens is 2. The van der Waals surface area contributed by atoms with Crippen molar-refractivity contribution in [2.75, 3.05) is 48.9 Å². The number of anilines is 3. The van der Waals surface area contributed by atoms with Gasteiger partial charge in [0, 0.05) is 56.5 Å². The lowest BCUT2D eigenvalue weighted by Gasteiger charge is -2.27. The molecule has 2 heterocycles. The third-order valence-corrected chi connectivity index (χ3v) is 5.26. The molecule has 1 atom stereocenters. The molecule has 0 radical (unpaired) electrons. The molecule has 0 bridgehead atoms. The summed E-state index contributed by atoms with van der Waals surface area (Å²) in [6, 6.07) is 10.5. The van der Waals surface area contributed by atoms with Crippen molar-refractivity contribution < 1.29 is 0 Å². The minimum absolute atomic E-state index is 0.388. The van der Waals surface area contributed by atoms with Crippen LogP contribution in [0.15, 0.2) is 35.1 Å². The molecule has 2 aromatic rings. The van der Waals surface area contributed by atoms with Gasteiger partial charge in [0.1, 0.15) is 24.0 Å². The molecule has 0 spiro atoms. The van der Waals surface area contributed by atoms with Crippen molar-refractivity contribution in [2.24, 2.45) is 0 Å². The Morgan fingerprint density at radius 2 is 1.96 bits per heavy atom. The van der Waals surface area contributed by atoms with Crippen LogP contribution in [0.5, 0.6) is 0 Å². The number of benzene rings is 1. The van der Waals surface area contributed by atoms with E-state index in [1.165, 1.54) is 0 Å². The van der Waals surface area contributed by atoms with Gasteiger partial charge in [-0.2, -0.15) is 5.26 Å².